The number of thioether (sulfide) groups is 1. The van der Waals surface area contributed by atoms with E-state index in [9.17, 15) is 9.59 Å². The van der Waals surface area contributed by atoms with Gasteiger partial charge in [-0.1, -0.05) is 41.6 Å². The Morgan fingerprint density at radius 2 is 2.04 bits per heavy atom. The molecule has 1 aliphatic heterocycles. The van der Waals surface area contributed by atoms with E-state index in [1.54, 1.807) is 24.2 Å². The van der Waals surface area contributed by atoms with Crippen LogP contribution in [0.4, 0.5) is 5.69 Å². The van der Waals surface area contributed by atoms with Crippen LogP contribution in [-0.2, 0) is 16.1 Å². The monoisotopic (exact) mass is 341 g/mol. The summed E-state index contributed by atoms with van der Waals surface area (Å²) in [7, 11) is 1.72. The summed E-state index contributed by atoms with van der Waals surface area (Å²) in [6.07, 6.45) is 1.85. The zero-order chi connectivity index (χ0) is 17.1. The van der Waals surface area contributed by atoms with Crippen molar-refractivity contribution >= 4 is 29.3 Å². The molecular formula is C18H19N3O2S. The average Bonchev–Trinajstić information content (AvgIpc) is 2.59. The van der Waals surface area contributed by atoms with Crippen molar-refractivity contribution in [1.82, 2.24) is 10.3 Å². The van der Waals surface area contributed by atoms with E-state index in [-0.39, 0.29) is 18.2 Å². The van der Waals surface area contributed by atoms with Crippen LogP contribution in [0.15, 0.2) is 47.6 Å². The van der Waals surface area contributed by atoms with Gasteiger partial charge in [0.1, 0.15) is 5.03 Å². The number of benzene rings is 1. The molecule has 24 heavy (non-hydrogen) atoms. The smallest absolute Gasteiger partial charge is 0.240 e. The fraction of sp³-hybridized carbons (Fsp3) is 0.278. The normalized spacial score (nSPS) is 16.7. The maximum atomic E-state index is 12.4. The molecule has 0 saturated carbocycles. The average molecular weight is 341 g/mol. The van der Waals surface area contributed by atoms with Crippen LogP contribution in [0.1, 0.15) is 17.5 Å². The van der Waals surface area contributed by atoms with Gasteiger partial charge in [0.05, 0.1) is 10.9 Å². The zero-order valence-electron chi connectivity index (χ0n) is 13.7. The fourth-order valence-corrected chi connectivity index (χ4v) is 3.73. The number of aryl methyl sites for hydroxylation is 1. The molecule has 0 spiro atoms. The molecule has 1 atom stereocenters. The van der Waals surface area contributed by atoms with E-state index >= 15 is 0 Å². The first kappa shape index (κ1) is 16.5. The van der Waals surface area contributed by atoms with Crippen LogP contribution >= 0.6 is 11.8 Å². The second kappa shape index (κ2) is 7.05. The van der Waals surface area contributed by atoms with E-state index in [0.717, 1.165) is 16.3 Å². The van der Waals surface area contributed by atoms with Crippen molar-refractivity contribution in [3.8, 4) is 0 Å². The standard InChI is InChI=1S/C18H19N3O2S/c1-12-5-7-13(8-6-12)11-20-16(22)10-15-18(23)21(2)14-4-3-9-19-17(14)24-15/h3-9,15H,10-11H2,1-2H3,(H,20,22)/t15-/m1/s1. The van der Waals surface area contributed by atoms with Crippen molar-refractivity contribution in [2.75, 3.05) is 11.9 Å². The Hall–Kier alpha value is -2.34. The quantitative estimate of drug-likeness (QED) is 0.928. The van der Waals surface area contributed by atoms with Crippen molar-refractivity contribution in [2.24, 2.45) is 0 Å². The Labute approximate surface area is 145 Å². The lowest BCUT2D eigenvalue weighted by atomic mass is 10.1. The molecule has 6 heteroatoms. The van der Waals surface area contributed by atoms with Gasteiger partial charge in [0, 0.05) is 26.2 Å². The van der Waals surface area contributed by atoms with Gasteiger partial charge in [-0.15, -0.1) is 0 Å². The molecule has 1 aromatic carbocycles. The molecular weight excluding hydrogens is 322 g/mol. The van der Waals surface area contributed by atoms with Crippen LogP contribution in [0.3, 0.4) is 0 Å². The van der Waals surface area contributed by atoms with Crippen molar-refractivity contribution in [1.29, 1.82) is 0 Å². The predicted octanol–water partition coefficient (Wildman–Crippen LogP) is 2.53. The number of amides is 2. The summed E-state index contributed by atoms with van der Waals surface area (Å²) in [6, 6.07) is 11.7. The number of anilines is 1. The number of fused-ring (bicyclic) bond motifs is 1. The molecule has 2 heterocycles. The van der Waals surface area contributed by atoms with Gasteiger partial charge in [-0.3, -0.25) is 9.59 Å². The maximum Gasteiger partial charge on any atom is 0.240 e. The van der Waals surface area contributed by atoms with E-state index < -0.39 is 5.25 Å². The highest BCUT2D eigenvalue weighted by Gasteiger charge is 2.33. The molecule has 0 aliphatic carbocycles. The zero-order valence-corrected chi connectivity index (χ0v) is 14.5. The highest BCUT2D eigenvalue weighted by Crippen LogP contribution is 2.37. The number of pyridine rings is 1. The summed E-state index contributed by atoms with van der Waals surface area (Å²) in [5, 5.41) is 3.23. The van der Waals surface area contributed by atoms with Gasteiger partial charge in [0.15, 0.2) is 0 Å². The summed E-state index contributed by atoms with van der Waals surface area (Å²) in [4.78, 5) is 30.5. The van der Waals surface area contributed by atoms with Gasteiger partial charge in [-0.2, -0.15) is 0 Å². The summed E-state index contributed by atoms with van der Waals surface area (Å²) in [5.74, 6) is -0.194. The Morgan fingerprint density at radius 1 is 1.29 bits per heavy atom. The largest absolute Gasteiger partial charge is 0.352 e. The van der Waals surface area contributed by atoms with Crippen LogP contribution in [-0.4, -0.2) is 29.1 Å². The lowest BCUT2D eigenvalue weighted by Gasteiger charge is -2.29. The first-order valence-corrected chi connectivity index (χ1v) is 8.64. The third-order valence-electron chi connectivity index (χ3n) is 3.95. The van der Waals surface area contributed by atoms with Gasteiger partial charge >= 0.3 is 0 Å². The van der Waals surface area contributed by atoms with E-state index in [4.69, 9.17) is 0 Å². The van der Waals surface area contributed by atoms with E-state index in [1.807, 2.05) is 37.3 Å². The number of nitrogens with zero attached hydrogens (tertiary/aromatic N) is 2. The lowest BCUT2D eigenvalue weighted by Crippen LogP contribution is -2.41. The molecule has 0 saturated heterocycles. The van der Waals surface area contributed by atoms with Gasteiger partial charge in [-0.25, -0.2) is 4.98 Å². The molecule has 0 bridgehead atoms. The second-order valence-corrected chi connectivity index (χ2v) is 6.99. The number of aromatic nitrogens is 1. The molecule has 0 fully saturated rings. The molecule has 3 rings (SSSR count). The van der Waals surface area contributed by atoms with Crippen LogP contribution in [0, 0.1) is 6.92 Å². The highest BCUT2D eigenvalue weighted by molar-refractivity contribution is 8.00. The van der Waals surface area contributed by atoms with Crippen molar-refractivity contribution < 1.29 is 9.59 Å². The van der Waals surface area contributed by atoms with E-state index in [0.29, 0.717) is 6.54 Å². The lowest BCUT2D eigenvalue weighted by molar-refractivity contribution is -0.124. The number of carbonyl (C=O) groups excluding carboxylic acids is 2. The molecule has 1 aromatic heterocycles. The van der Waals surface area contributed by atoms with E-state index in [2.05, 4.69) is 10.3 Å². The number of carbonyl (C=O) groups is 2. The minimum atomic E-state index is -0.435. The van der Waals surface area contributed by atoms with Gasteiger partial charge in [-0.05, 0) is 24.6 Å². The minimum Gasteiger partial charge on any atom is -0.352 e. The third-order valence-corrected chi connectivity index (χ3v) is 5.14. The first-order valence-electron chi connectivity index (χ1n) is 7.76. The Bertz CT molecular complexity index is 761. The van der Waals surface area contributed by atoms with Gasteiger partial charge in [0.2, 0.25) is 11.8 Å². The van der Waals surface area contributed by atoms with Crippen molar-refractivity contribution in [3.63, 3.8) is 0 Å². The van der Waals surface area contributed by atoms with Gasteiger partial charge in [0.25, 0.3) is 0 Å². The minimum absolute atomic E-state index is 0.0639. The number of nitrogens with one attached hydrogen (secondary N) is 1. The molecule has 124 valence electrons. The van der Waals surface area contributed by atoms with Crippen molar-refractivity contribution in [3.05, 3.63) is 53.7 Å². The summed E-state index contributed by atoms with van der Waals surface area (Å²) < 4.78 is 0. The van der Waals surface area contributed by atoms with Crippen LogP contribution < -0.4 is 10.2 Å². The van der Waals surface area contributed by atoms with Crippen LogP contribution in [0.5, 0.6) is 0 Å². The topological polar surface area (TPSA) is 62.3 Å². The number of rotatable bonds is 4. The van der Waals surface area contributed by atoms with Crippen molar-refractivity contribution in [2.45, 2.75) is 30.2 Å². The van der Waals surface area contributed by atoms with Gasteiger partial charge < -0.3 is 10.2 Å². The fourth-order valence-electron chi connectivity index (χ4n) is 2.52. The second-order valence-electron chi connectivity index (χ2n) is 5.80. The molecule has 0 radical (unpaired) electrons. The Morgan fingerprint density at radius 3 is 2.79 bits per heavy atom. The number of hydrogen-bond donors (Lipinski definition) is 1. The Kier molecular flexibility index (Phi) is 4.85. The predicted molar refractivity (Wildman–Crippen MR) is 94.9 cm³/mol. The molecule has 2 aromatic rings. The van der Waals surface area contributed by atoms with E-state index in [1.165, 1.54) is 17.3 Å². The highest BCUT2D eigenvalue weighted by atomic mass is 32.2. The molecule has 1 N–H and O–H groups in total. The first-order chi connectivity index (χ1) is 11.5. The molecule has 0 unspecified atom stereocenters. The molecule has 2 amide bonds. The van der Waals surface area contributed by atoms with Crippen LogP contribution in [0.25, 0.3) is 0 Å². The van der Waals surface area contributed by atoms with Crippen LogP contribution in [0.2, 0.25) is 0 Å². The number of hydrogen-bond acceptors (Lipinski definition) is 4. The third kappa shape index (κ3) is 3.59. The Balaban J connectivity index is 1.60. The maximum absolute atomic E-state index is 12.4. The molecule has 5 nitrogen and oxygen atoms in total. The summed E-state index contributed by atoms with van der Waals surface area (Å²) in [6.45, 7) is 2.49. The summed E-state index contributed by atoms with van der Waals surface area (Å²) >= 11 is 1.36. The summed E-state index contributed by atoms with van der Waals surface area (Å²) in [5.41, 5.74) is 3.02. The SMILES string of the molecule is Cc1ccc(CNC(=O)C[C@H]2Sc3ncccc3N(C)C2=O)cc1. The molecule has 1 aliphatic rings.